The normalized spacial score (nSPS) is 11.0. The fraction of sp³-hybridized carbons (Fsp3) is 0.500. The molecule has 0 aliphatic heterocycles. The molecule has 0 saturated carbocycles. The molecule has 1 aromatic rings. The number of methoxy groups -OCH3 is 2. The molecule has 5 nitrogen and oxygen atoms in total. The fourth-order valence-corrected chi connectivity index (χ4v) is 1.42. The summed E-state index contributed by atoms with van der Waals surface area (Å²) in [5.74, 6) is 0.425. The van der Waals surface area contributed by atoms with Gasteiger partial charge in [0.1, 0.15) is 5.56 Å². The number of para-hydroxylation sites is 1. The van der Waals surface area contributed by atoms with Crippen molar-refractivity contribution in [2.45, 2.75) is 13.8 Å². The first-order valence-electron chi connectivity index (χ1n) is 6.03. The molecule has 0 bridgehead atoms. The number of hydrogen-bond donors (Lipinski definition) is 1. The number of esters is 1. The Balaban J connectivity index is 3.05. The molecular weight excluding hydrogens is 246 g/mol. The van der Waals surface area contributed by atoms with Crippen LogP contribution in [0.4, 0.5) is 0 Å². The lowest BCUT2D eigenvalue weighted by Gasteiger charge is -2.24. The molecule has 0 aliphatic carbocycles. The van der Waals surface area contributed by atoms with E-state index in [0.717, 1.165) is 0 Å². The summed E-state index contributed by atoms with van der Waals surface area (Å²) in [7, 11) is 2.85. The Morgan fingerprint density at radius 2 is 2.00 bits per heavy atom. The molecule has 2 N–H and O–H groups in total. The number of carbonyl (C=O) groups is 1. The van der Waals surface area contributed by atoms with Crippen LogP contribution < -0.4 is 15.2 Å². The van der Waals surface area contributed by atoms with E-state index < -0.39 is 5.97 Å². The van der Waals surface area contributed by atoms with Crippen molar-refractivity contribution in [3.05, 3.63) is 23.8 Å². The van der Waals surface area contributed by atoms with Gasteiger partial charge in [0.15, 0.2) is 11.5 Å². The van der Waals surface area contributed by atoms with Gasteiger partial charge >= 0.3 is 5.97 Å². The maximum Gasteiger partial charge on any atom is 0.341 e. The smallest absolute Gasteiger partial charge is 0.341 e. The van der Waals surface area contributed by atoms with Crippen LogP contribution in [0.15, 0.2) is 18.2 Å². The van der Waals surface area contributed by atoms with Crippen LogP contribution in [0.3, 0.4) is 0 Å². The molecule has 0 atom stereocenters. The van der Waals surface area contributed by atoms with Gasteiger partial charge in [0.05, 0.1) is 20.8 Å². The van der Waals surface area contributed by atoms with E-state index in [1.807, 2.05) is 13.8 Å². The summed E-state index contributed by atoms with van der Waals surface area (Å²) >= 11 is 0. The lowest BCUT2D eigenvalue weighted by molar-refractivity contribution is 0.0592. The Bertz CT molecular complexity index is 443. The van der Waals surface area contributed by atoms with E-state index in [0.29, 0.717) is 30.2 Å². The fourth-order valence-electron chi connectivity index (χ4n) is 1.42. The summed E-state index contributed by atoms with van der Waals surface area (Å²) in [4.78, 5) is 11.7. The van der Waals surface area contributed by atoms with E-state index in [1.165, 1.54) is 14.2 Å². The SMILES string of the molecule is COC(=O)c1cccc(OC)c1OCC(C)(C)CN. The number of ether oxygens (including phenoxy) is 3. The van der Waals surface area contributed by atoms with Crippen LogP contribution in [0.5, 0.6) is 11.5 Å². The lowest BCUT2D eigenvalue weighted by atomic mass is 9.95. The molecule has 0 aromatic heterocycles. The Labute approximate surface area is 113 Å². The molecule has 0 radical (unpaired) electrons. The highest BCUT2D eigenvalue weighted by Crippen LogP contribution is 2.32. The molecule has 5 heteroatoms. The molecule has 19 heavy (non-hydrogen) atoms. The molecule has 0 fully saturated rings. The van der Waals surface area contributed by atoms with Crippen molar-refractivity contribution in [3.8, 4) is 11.5 Å². The highest BCUT2D eigenvalue weighted by atomic mass is 16.5. The summed E-state index contributed by atoms with van der Waals surface area (Å²) in [6.07, 6.45) is 0. The average Bonchev–Trinajstić information content (AvgIpc) is 2.43. The Morgan fingerprint density at radius 3 is 2.53 bits per heavy atom. The van der Waals surface area contributed by atoms with Gasteiger partial charge in [-0.1, -0.05) is 19.9 Å². The summed E-state index contributed by atoms with van der Waals surface area (Å²) in [5.41, 5.74) is 5.82. The molecule has 0 amide bonds. The van der Waals surface area contributed by atoms with Crippen LogP contribution in [-0.2, 0) is 4.74 Å². The van der Waals surface area contributed by atoms with Gasteiger partial charge < -0.3 is 19.9 Å². The maximum atomic E-state index is 11.7. The molecule has 0 spiro atoms. The first-order valence-corrected chi connectivity index (χ1v) is 6.03. The van der Waals surface area contributed by atoms with Gasteiger partial charge in [0, 0.05) is 12.0 Å². The Morgan fingerprint density at radius 1 is 1.32 bits per heavy atom. The van der Waals surface area contributed by atoms with Crippen LogP contribution >= 0.6 is 0 Å². The van der Waals surface area contributed by atoms with Crippen molar-refractivity contribution in [2.24, 2.45) is 11.1 Å². The van der Waals surface area contributed by atoms with Crippen LogP contribution in [0.1, 0.15) is 24.2 Å². The van der Waals surface area contributed by atoms with Gasteiger partial charge in [-0.2, -0.15) is 0 Å². The summed E-state index contributed by atoms with van der Waals surface area (Å²) < 4.78 is 15.7. The summed E-state index contributed by atoms with van der Waals surface area (Å²) in [6, 6.07) is 5.09. The van der Waals surface area contributed by atoms with Crippen LogP contribution in [0.25, 0.3) is 0 Å². The molecule has 1 rings (SSSR count). The number of carbonyl (C=O) groups excluding carboxylic acids is 1. The predicted octanol–water partition coefficient (Wildman–Crippen LogP) is 1.85. The molecule has 0 saturated heterocycles. The molecule has 0 aliphatic rings. The monoisotopic (exact) mass is 267 g/mol. The standard InChI is InChI=1S/C14H21NO4/c1-14(2,8-15)9-19-12-10(13(16)18-4)6-5-7-11(12)17-3/h5-7H,8-9,15H2,1-4H3. The second-order valence-corrected chi connectivity index (χ2v) is 4.99. The van der Waals surface area contributed by atoms with Crippen LogP contribution in [-0.4, -0.2) is 33.3 Å². The first-order chi connectivity index (χ1) is 8.95. The highest BCUT2D eigenvalue weighted by Gasteiger charge is 2.22. The molecule has 0 unspecified atom stereocenters. The minimum Gasteiger partial charge on any atom is -0.493 e. The topological polar surface area (TPSA) is 70.8 Å². The molecular formula is C14H21NO4. The van der Waals surface area contributed by atoms with Gasteiger partial charge in [0.25, 0.3) is 0 Å². The number of hydrogen-bond acceptors (Lipinski definition) is 5. The van der Waals surface area contributed by atoms with E-state index >= 15 is 0 Å². The van der Waals surface area contributed by atoms with Gasteiger partial charge in [-0.05, 0) is 12.1 Å². The zero-order chi connectivity index (χ0) is 14.5. The third-order valence-electron chi connectivity index (χ3n) is 2.76. The molecule has 106 valence electrons. The zero-order valence-electron chi connectivity index (χ0n) is 11.9. The van der Waals surface area contributed by atoms with Crippen LogP contribution in [0.2, 0.25) is 0 Å². The van der Waals surface area contributed by atoms with Crippen molar-refractivity contribution in [2.75, 3.05) is 27.4 Å². The number of rotatable bonds is 6. The summed E-state index contributed by atoms with van der Waals surface area (Å²) in [5, 5.41) is 0. The predicted molar refractivity (Wildman–Crippen MR) is 72.7 cm³/mol. The number of nitrogens with two attached hydrogens (primary N) is 1. The van der Waals surface area contributed by atoms with Gasteiger partial charge in [-0.3, -0.25) is 0 Å². The third kappa shape index (κ3) is 3.86. The first kappa shape index (κ1) is 15.3. The van der Waals surface area contributed by atoms with E-state index in [1.54, 1.807) is 18.2 Å². The summed E-state index contributed by atoms with van der Waals surface area (Å²) in [6.45, 7) is 4.84. The second-order valence-electron chi connectivity index (χ2n) is 4.99. The van der Waals surface area contributed by atoms with Gasteiger partial charge in [0.2, 0.25) is 0 Å². The van der Waals surface area contributed by atoms with Crippen molar-refractivity contribution < 1.29 is 19.0 Å². The Hall–Kier alpha value is -1.75. The minimum absolute atomic E-state index is 0.186. The van der Waals surface area contributed by atoms with Gasteiger partial charge in [-0.15, -0.1) is 0 Å². The van der Waals surface area contributed by atoms with Crippen molar-refractivity contribution >= 4 is 5.97 Å². The van der Waals surface area contributed by atoms with Crippen molar-refractivity contribution in [1.29, 1.82) is 0 Å². The molecule has 1 aromatic carbocycles. The van der Waals surface area contributed by atoms with E-state index in [-0.39, 0.29) is 5.41 Å². The van der Waals surface area contributed by atoms with Crippen molar-refractivity contribution in [1.82, 2.24) is 0 Å². The highest BCUT2D eigenvalue weighted by molar-refractivity contribution is 5.93. The maximum absolute atomic E-state index is 11.7. The number of benzene rings is 1. The largest absolute Gasteiger partial charge is 0.493 e. The zero-order valence-corrected chi connectivity index (χ0v) is 11.9. The Kier molecular flexibility index (Phi) is 5.18. The lowest BCUT2D eigenvalue weighted by Crippen LogP contribution is -2.30. The molecule has 0 heterocycles. The minimum atomic E-state index is -0.459. The van der Waals surface area contributed by atoms with E-state index in [2.05, 4.69) is 0 Å². The second kappa shape index (κ2) is 6.43. The third-order valence-corrected chi connectivity index (χ3v) is 2.76. The van der Waals surface area contributed by atoms with Crippen LogP contribution in [0, 0.1) is 5.41 Å². The van der Waals surface area contributed by atoms with E-state index in [4.69, 9.17) is 19.9 Å². The van der Waals surface area contributed by atoms with Crippen molar-refractivity contribution in [3.63, 3.8) is 0 Å². The quantitative estimate of drug-likeness (QED) is 0.796. The average molecular weight is 267 g/mol. The van der Waals surface area contributed by atoms with E-state index in [9.17, 15) is 4.79 Å². The van der Waals surface area contributed by atoms with Gasteiger partial charge in [-0.25, -0.2) is 4.79 Å².